The second-order valence-corrected chi connectivity index (χ2v) is 6.58. The fraction of sp³-hybridized carbons (Fsp3) is 0.133. The zero-order valence-corrected chi connectivity index (χ0v) is 14.3. The number of amides is 4. The Balaban J connectivity index is 2.36. The number of hydrogen-bond donors (Lipinski definition) is 3. The number of rotatable bonds is 7. The second-order valence-electron chi connectivity index (χ2n) is 5.42. The van der Waals surface area contributed by atoms with Crippen molar-refractivity contribution in [2.45, 2.75) is 6.42 Å². The monoisotopic (exact) mass is 395 g/mol. The summed E-state index contributed by atoms with van der Waals surface area (Å²) in [5.41, 5.74) is 4.84. The second kappa shape index (κ2) is 7.47. The summed E-state index contributed by atoms with van der Waals surface area (Å²) in [5.74, 6) is -6.64. The lowest BCUT2D eigenvalue weighted by molar-refractivity contribution is -0.126. The molecule has 0 bridgehead atoms. The van der Waals surface area contributed by atoms with Crippen LogP contribution in [0.3, 0.4) is 0 Å². The first-order chi connectivity index (χ1) is 12.5. The number of carbonyl (C=O) groups is 5. The molecule has 4 N–H and O–H groups in total. The standard InChI is InChI=1S/C15H13N3O8S/c16-11(19)7-10(15(23)17-27(24,25)26)14(22)8-2-1-3-9(6-8)18-12(20)4-5-13(18)21/h1-6,10H,7H2,(H2,16,19)(H,17,23)(H,24,25,26). The number of nitrogens with zero attached hydrogens (tertiary/aromatic N) is 1. The molecule has 0 radical (unpaired) electrons. The van der Waals surface area contributed by atoms with Gasteiger partial charge in [-0.2, -0.15) is 8.42 Å². The number of benzene rings is 1. The Morgan fingerprint density at radius 2 is 1.74 bits per heavy atom. The Morgan fingerprint density at radius 3 is 2.26 bits per heavy atom. The molecular formula is C15H13N3O8S. The van der Waals surface area contributed by atoms with Crippen LogP contribution in [0.5, 0.6) is 0 Å². The molecule has 1 atom stereocenters. The third-order valence-corrected chi connectivity index (χ3v) is 3.93. The summed E-state index contributed by atoms with van der Waals surface area (Å²) in [6.45, 7) is 0. The lowest BCUT2D eigenvalue weighted by atomic mass is 9.93. The quantitative estimate of drug-likeness (QED) is 0.220. The number of carbonyl (C=O) groups excluding carboxylic acids is 5. The molecule has 1 heterocycles. The molecule has 1 aliphatic rings. The van der Waals surface area contributed by atoms with Crippen molar-refractivity contribution in [1.82, 2.24) is 4.72 Å². The maximum atomic E-state index is 12.6. The van der Waals surface area contributed by atoms with Crippen LogP contribution < -0.4 is 15.4 Å². The molecule has 1 aliphatic heterocycles. The van der Waals surface area contributed by atoms with Crippen LogP contribution in [0.2, 0.25) is 0 Å². The molecule has 0 aliphatic carbocycles. The highest BCUT2D eigenvalue weighted by Crippen LogP contribution is 2.22. The Bertz CT molecular complexity index is 965. The van der Waals surface area contributed by atoms with Crippen LogP contribution in [0.4, 0.5) is 5.69 Å². The lowest BCUT2D eigenvalue weighted by Crippen LogP contribution is -2.40. The van der Waals surface area contributed by atoms with Crippen LogP contribution >= 0.6 is 0 Å². The van der Waals surface area contributed by atoms with Crippen LogP contribution in [0, 0.1) is 5.92 Å². The molecule has 142 valence electrons. The minimum absolute atomic E-state index is 0.0360. The topological polar surface area (TPSA) is 181 Å². The van der Waals surface area contributed by atoms with Crippen molar-refractivity contribution in [2.75, 3.05) is 4.90 Å². The SMILES string of the molecule is NC(=O)CC(C(=O)NS(=O)(=O)O)C(=O)c1cccc(N2C(=O)C=CC2=O)c1. The van der Waals surface area contributed by atoms with Gasteiger partial charge in [0.15, 0.2) is 5.78 Å². The fourth-order valence-electron chi connectivity index (χ4n) is 2.36. The van der Waals surface area contributed by atoms with Crippen LogP contribution in [0.1, 0.15) is 16.8 Å². The first kappa shape index (κ1) is 19.9. The predicted molar refractivity (Wildman–Crippen MR) is 89.4 cm³/mol. The zero-order valence-electron chi connectivity index (χ0n) is 13.5. The van der Waals surface area contributed by atoms with E-state index >= 15 is 0 Å². The van der Waals surface area contributed by atoms with Gasteiger partial charge in [0, 0.05) is 24.1 Å². The van der Waals surface area contributed by atoms with Gasteiger partial charge in [0.2, 0.25) is 11.8 Å². The van der Waals surface area contributed by atoms with Crippen LogP contribution in [0.15, 0.2) is 36.4 Å². The lowest BCUT2D eigenvalue weighted by Gasteiger charge is -2.17. The number of ketones is 1. The number of anilines is 1. The molecule has 0 fully saturated rings. The van der Waals surface area contributed by atoms with Gasteiger partial charge >= 0.3 is 10.3 Å². The van der Waals surface area contributed by atoms with E-state index in [4.69, 9.17) is 10.3 Å². The van der Waals surface area contributed by atoms with E-state index in [1.807, 2.05) is 0 Å². The van der Waals surface area contributed by atoms with Gasteiger partial charge in [-0.1, -0.05) is 12.1 Å². The minimum Gasteiger partial charge on any atom is -0.370 e. The molecule has 0 saturated heterocycles. The van der Waals surface area contributed by atoms with Gasteiger partial charge in [-0.05, 0) is 12.1 Å². The molecule has 0 saturated carbocycles. The Hall–Kier alpha value is -3.38. The van der Waals surface area contributed by atoms with Crippen LogP contribution in [-0.2, 0) is 29.5 Å². The summed E-state index contributed by atoms with van der Waals surface area (Å²) >= 11 is 0. The normalized spacial score (nSPS) is 14.9. The van der Waals surface area contributed by atoms with E-state index in [2.05, 4.69) is 0 Å². The van der Waals surface area contributed by atoms with Gasteiger partial charge < -0.3 is 5.73 Å². The first-order valence-corrected chi connectivity index (χ1v) is 8.71. The third kappa shape index (κ3) is 4.83. The van der Waals surface area contributed by atoms with Crippen molar-refractivity contribution >= 4 is 45.4 Å². The van der Waals surface area contributed by atoms with E-state index in [9.17, 15) is 32.4 Å². The molecule has 0 aromatic heterocycles. The van der Waals surface area contributed by atoms with Gasteiger partial charge in [0.1, 0.15) is 5.92 Å². The van der Waals surface area contributed by atoms with Crippen LogP contribution in [0.25, 0.3) is 0 Å². The maximum Gasteiger partial charge on any atom is 0.359 e. The molecule has 4 amide bonds. The number of primary amides is 1. The molecular weight excluding hydrogens is 382 g/mol. The van der Waals surface area contributed by atoms with Gasteiger partial charge in [0.25, 0.3) is 11.8 Å². The summed E-state index contributed by atoms with van der Waals surface area (Å²) in [5, 5.41) is 0. The Labute approximate surface area is 152 Å². The third-order valence-electron chi connectivity index (χ3n) is 3.47. The summed E-state index contributed by atoms with van der Waals surface area (Å²) in [6.07, 6.45) is 1.24. The largest absolute Gasteiger partial charge is 0.370 e. The van der Waals surface area contributed by atoms with Crippen molar-refractivity contribution in [3.05, 3.63) is 42.0 Å². The van der Waals surface area contributed by atoms with Gasteiger partial charge in [-0.25, -0.2) is 9.62 Å². The van der Waals surface area contributed by atoms with E-state index in [0.717, 1.165) is 23.1 Å². The highest BCUT2D eigenvalue weighted by atomic mass is 32.2. The van der Waals surface area contributed by atoms with E-state index in [1.165, 1.54) is 22.9 Å². The smallest absolute Gasteiger partial charge is 0.359 e. The number of imide groups is 1. The van der Waals surface area contributed by atoms with Crippen molar-refractivity contribution in [2.24, 2.45) is 11.7 Å². The first-order valence-electron chi connectivity index (χ1n) is 7.27. The summed E-state index contributed by atoms with van der Waals surface area (Å²) < 4.78 is 31.5. The van der Waals surface area contributed by atoms with Gasteiger partial charge in [-0.15, -0.1) is 0 Å². The highest BCUT2D eigenvalue weighted by molar-refractivity contribution is 7.84. The zero-order chi connectivity index (χ0) is 20.4. The number of nitrogens with one attached hydrogen (secondary N) is 1. The number of Topliss-reactive ketones (excluding diaryl/α,β-unsaturated/α-hetero) is 1. The molecule has 1 aromatic rings. The van der Waals surface area contributed by atoms with E-state index < -0.39 is 52.1 Å². The molecule has 0 spiro atoms. The average molecular weight is 395 g/mol. The summed E-state index contributed by atoms with van der Waals surface area (Å²) in [6, 6.07) is 5.04. The molecule has 11 nitrogen and oxygen atoms in total. The van der Waals surface area contributed by atoms with Crippen molar-refractivity contribution in [3.8, 4) is 0 Å². The number of nitrogens with two attached hydrogens (primary N) is 1. The Kier molecular flexibility index (Phi) is 5.52. The van der Waals surface area contributed by atoms with Gasteiger partial charge in [0.05, 0.1) is 5.69 Å². The Morgan fingerprint density at radius 1 is 1.15 bits per heavy atom. The van der Waals surface area contributed by atoms with Crippen molar-refractivity contribution < 1.29 is 36.9 Å². The maximum absolute atomic E-state index is 12.6. The highest BCUT2D eigenvalue weighted by Gasteiger charge is 2.32. The van der Waals surface area contributed by atoms with Gasteiger partial charge in [-0.3, -0.25) is 28.5 Å². The molecule has 1 aromatic carbocycles. The molecule has 1 unspecified atom stereocenters. The number of hydrogen-bond acceptors (Lipinski definition) is 7. The average Bonchev–Trinajstić information content (AvgIpc) is 2.89. The molecule has 12 heteroatoms. The fourth-order valence-corrected chi connectivity index (χ4v) is 2.75. The van der Waals surface area contributed by atoms with Crippen molar-refractivity contribution in [3.63, 3.8) is 0 Å². The van der Waals surface area contributed by atoms with E-state index in [0.29, 0.717) is 0 Å². The van der Waals surface area contributed by atoms with E-state index in [1.54, 1.807) is 0 Å². The molecule has 27 heavy (non-hydrogen) atoms. The molecule has 2 rings (SSSR count). The van der Waals surface area contributed by atoms with Crippen molar-refractivity contribution in [1.29, 1.82) is 0 Å². The van der Waals surface area contributed by atoms with E-state index in [-0.39, 0.29) is 11.3 Å². The summed E-state index contributed by atoms with van der Waals surface area (Å²) in [4.78, 5) is 59.9. The summed E-state index contributed by atoms with van der Waals surface area (Å²) in [7, 11) is -4.97. The predicted octanol–water partition coefficient (Wildman–Crippen LogP) is -1.29. The van der Waals surface area contributed by atoms with Crippen LogP contribution in [-0.4, -0.2) is 42.4 Å². The minimum atomic E-state index is -4.97.